The number of methoxy groups -OCH3 is 1. The fraction of sp³-hybridized carbons (Fsp3) is 0.714. The lowest BCUT2D eigenvalue weighted by molar-refractivity contribution is 0.0467. The third kappa shape index (κ3) is 3.80. The van der Waals surface area contributed by atoms with E-state index in [0.717, 1.165) is 25.9 Å². The van der Waals surface area contributed by atoms with Gasteiger partial charge in [0.2, 0.25) is 11.8 Å². The molecule has 0 aromatic carbocycles. The fourth-order valence-electron chi connectivity index (χ4n) is 2.29. The number of hydrogen-bond acceptors (Lipinski definition) is 5. The Morgan fingerprint density at radius 3 is 2.16 bits per heavy atom. The molecule has 5 heteroatoms. The predicted octanol–water partition coefficient (Wildman–Crippen LogP) is 2.13. The molecule has 0 radical (unpaired) electrons. The number of nitrogens with zero attached hydrogens (tertiary/aromatic N) is 3. The van der Waals surface area contributed by atoms with Crippen LogP contribution < -0.4 is 9.47 Å². The number of rotatable bonds is 3. The molecular weight excluding hydrogens is 242 g/mol. The molecule has 1 aromatic heterocycles. The van der Waals surface area contributed by atoms with Gasteiger partial charge in [0.25, 0.3) is 0 Å². The van der Waals surface area contributed by atoms with Crippen LogP contribution in [0.4, 0.5) is 0 Å². The minimum atomic E-state index is 0.237. The molecule has 0 aliphatic carbocycles. The van der Waals surface area contributed by atoms with E-state index in [1.165, 1.54) is 0 Å². The SMILES string of the molecule is COc1ccc(OC2CCN(C(C)(C)C)CC2)nn1. The first-order valence-corrected chi connectivity index (χ1v) is 6.78. The largest absolute Gasteiger partial charge is 0.480 e. The van der Waals surface area contributed by atoms with Crippen molar-refractivity contribution in [2.24, 2.45) is 0 Å². The van der Waals surface area contributed by atoms with Crippen molar-refractivity contribution in [2.45, 2.75) is 45.3 Å². The highest BCUT2D eigenvalue weighted by Crippen LogP contribution is 2.22. The van der Waals surface area contributed by atoms with E-state index in [9.17, 15) is 0 Å². The zero-order chi connectivity index (χ0) is 13.9. The minimum absolute atomic E-state index is 0.237. The quantitative estimate of drug-likeness (QED) is 0.838. The summed E-state index contributed by atoms with van der Waals surface area (Å²) in [5.41, 5.74) is 0.241. The number of piperidine rings is 1. The Hall–Kier alpha value is -1.36. The Morgan fingerprint density at radius 1 is 1.11 bits per heavy atom. The molecule has 1 aliphatic heterocycles. The molecule has 0 amide bonds. The summed E-state index contributed by atoms with van der Waals surface area (Å²) < 4.78 is 10.8. The molecule has 1 saturated heterocycles. The highest BCUT2D eigenvalue weighted by molar-refractivity contribution is 5.15. The molecule has 0 unspecified atom stereocenters. The Kier molecular flexibility index (Phi) is 4.24. The lowest BCUT2D eigenvalue weighted by atomic mass is 9.99. The van der Waals surface area contributed by atoms with Gasteiger partial charge in [0.1, 0.15) is 6.10 Å². The number of hydrogen-bond donors (Lipinski definition) is 0. The summed E-state index contributed by atoms with van der Waals surface area (Å²) in [5, 5.41) is 7.91. The molecule has 2 heterocycles. The van der Waals surface area contributed by atoms with Gasteiger partial charge in [0, 0.05) is 30.8 Å². The third-order valence-corrected chi connectivity index (χ3v) is 3.50. The molecular formula is C14H23N3O2. The van der Waals surface area contributed by atoms with E-state index in [4.69, 9.17) is 9.47 Å². The topological polar surface area (TPSA) is 47.5 Å². The van der Waals surface area contributed by atoms with Crippen molar-refractivity contribution in [2.75, 3.05) is 20.2 Å². The molecule has 19 heavy (non-hydrogen) atoms. The van der Waals surface area contributed by atoms with Gasteiger partial charge in [-0.05, 0) is 33.6 Å². The van der Waals surface area contributed by atoms with Crippen molar-refractivity contribution >= 4 is 0 Å². The van der Waals surface area contributed by atoms with Gasteiger partial charge in [-0.2, -0.15) is 0 Å². The van der Waals surface area contributed by atoms with Gasteiger partial charge in [0.15, 0.2) is 0 Å². The summed E-state index contributed by atoms with van der Waals surface area (Å²) in [5.74, 6) is 1.09. The van der Waals surface area contributed by atoms with Crippen LogP contribution in [0.25, 0.3) is 0 Å². The van der Waals surface area contributed by atoms with Crippen molar-refractivity contribution in [3.63, 3.8) is 0 Å². The second-order valence-corrected chi connectivity index (χ2v) is 5.89. The third-order valence-electron chi connectivity index (χ3n) is 3.50. The van der Waals surface area contributed by atoms with E-state index in [-0.39, 0.29) is 11.6 Å². The van der Waals surface area contributed by atoms with Gasteiger partial charge in [0.05, 0.1) is 7.11 Å². The van der Waals surface area contributed by atoms with Crippen LogP contribution in [-0.4, -0.2) is 46.9 Å². The number of ether oxygens (including phenoxy) is 2. The van der Waals surface area contributed by atoms with Crippen LogP contribution in [-0.2, 0) is 0 Å². The summed E-state index contributed by atoms with van der Waals surface area (Å²) in [4.78, 5) is 2.49. The van der Waals surface area contributed by atoms with E-state index in [0.29, 0.717) is 11.8 Å². The van der Waals surface area contributed by atoms with Crippen LogP contribution in [0.2, 0.25) is 0 Å². The molecule has 106 valence electrons. The van der Waals surface area contributed by atoms with Gasteiger partial charge >= 0.3 is 0 Å². The average Bonchev–Trinajstić information content (AvgIpc) is 2.39. The fourth-order valence-corrected chi connectivity index (χ4v) is 2.29. The Balaban J connectivity index is 1.85. The van der Waals surface area contributed by atoms with Gasteiger partial charge < -0.3 is 9.47 Å². The van der Waals surface area contributed by atoms with Gasteiger partial charge in [-0.3, -0.25) is 4.90 Å². The first kappa shape index (κ1) is 14.1. The molecule has 0 spiro atoms. The van der Waals surface area contributed by atoms with Gasteiger partial charge in [-0.25, -0.2) is 0 Å². The average molecular weight is 265 g/mol. The highest BCUT2D eigenvalue weighted by atomic mass is 16.5. The van der Waals surface area contributed by atoms with Crippen LogP contribution in [0.1, 0.15) is 33.6 Å². The van der Waals surface area contributed by atoms with Crippen LogP contribution >= 0.6 is 0 Å². The van der Waals surface area contributed by atoms with E-state index >= 15 is 0 Å². The maximum atomic E-state index is 5.86. The van der Waals surface area contributed by atoms with E-state index < -0.39 is 0 Å². The number of likely N-dealkylation sites (tertiary alicyclic amines) is 1. The minimum Gasteiger partial charge on any atom is -0.480 e. The molecule has 2 rings (SSSR count). The lowest BCUT2D eigenvalue weighted by Gasteiger charge is -2.40. The second kappa shape index (κ2) is 5.74. The summed E-state index contributed by atoms with van der Waals surface area (Å²) in [7, 11) is 1.58. The monoisotopic (exact) mass is 265 g/mol. The first-order chi connectivity index (χ1) is 8.99. The Morgan fingerprint density at radius 2 is 1.68 bits per heavy atom. The Bertz CT molecular complexity index is 392. The molecule has 1 fully saturated rings. The molecule has 1 aliphatic rings. The normalized spacial score (nSPS) is 18.3. The molecule has 1 aromatic rings. The zero-order valence-electron chi connectivity index (χ0n) is 12.2. The molecule has 0 N–H and O–H groups in total. The van der Waals surface area contributed by atoms with Crippen molar-refractivity contribution in [1.29, 1.82) is 0 Å². The van der Waals surface area contributed by atoms with Gasteiger partial charge in [-0.15, -0.1) is 10.2 Å². The van der Waals surface area contributed by atoms with Crippen molar-refractivity contribution in [1.82, 2.24) is 15.1 Å². The number of aromatic nitrogens is 2. The first-order valence-electron chi connectivity index (χ1n) is 6.78. The standard InChI is InChI=1S/C14H23N3O2/c1-14(2,3)17-9-7-11(8-10-17)19-13-6-5-12(18-4)15-16-13/h5-6,11H,7-10H2,1-4H3. The molecule has 0 atom stereocenters. The van der Waals surface area contributed by atoms with Gasteiger partial charge in [-0.1, -0.05) is 0 Å². The molecule has 0 saturated carbocycles. The summed E-state index contributed by atoms with van der Waals surface area (Å²) in [6.45, 7) is 8.89. The summed E-state index contributed by atoms with van der Waals surface area (Å²) >= 11 is 0. The lowest BCUT2D eigenvalue weighted by Crippen LogP contribution is -2.48. The smallest absolute Gasteiger partial charge is 0.233 e. The second-order valence-electron chi connectivity index (χ2n) is 5.89. The van der Waals surface area contributed by atoms with E-state index in [1.807, 2.05) is 6.07 Å². The van der Waals surface area contributed by atoms with Crippen LogP contribution in [0.5, 0.6) is 11.8 Å². The Labute approximate surface area is 114 Å². The van der Waals surface area contributed by atoms with Crippen molar-refractivity contribution in [3.05, 3.63) is 12.1 Å². The van der Waals surface area contributed by atoms with Crippen LogP contribution in [0.15, 0.2) is 12.1 Å². The maximum Gasteiger partial charge on any atom is 0.233 e. The van der Waals surface area contributed by atoms with Crippen LogP contribution in [0.3, 0.4) is 0 Å². The highest BCUT2D eigenvalue weighted by Gasteiger charge is 2.27. The van der Waals surface area contributed by atoms with Crippen LogP contribution in [0, 0.1) is 0 Å². The maximum absolute atomic E-state index is 5.86. The summed E-state index contributed by atoms with van der Waals surface area (Å²) in [6, 6.07) is 3.58. The van der Waals surface area contributed by atoms with Crippen molar-refractivity contribution < 1.29 is 9.47 Å². The van der Waals surface area contributed by atoms with E-state index in [2.05, 4.69) is 35.9 Å². The molecule has 5 nitrogen and oxygen atoms in total. The molecule has 0 bridgehead atoms. The van der Waals surface area contributed by atoms with E-state index in [1.54, 1.807) is 13.2 Å². The summed E-state index contributed by atoms with van der Waals surface area (Å²) in [6.07, 6.45) is 2.30. The zero-order valence-corrected chi connectivity index (χ0v) is 12.2. The predicted molar refractivity (Wildman–Crippen MR) is 73.6 cm³/mol. The van der Waals surface area contributed by atoms with Crippen molar-refractivity contribution in [3.8, 4) is 11.8 Å².